The number of carbonyl (C=O) groups excluding carboxylic acids is 4. The van der Waals surface area contributed by atoms with Gasteiger partial charge in [-0.2, -0.15) is 0 Å². The number of nitrogens with zero attached hydrogens (tertiary/aromatic N) is 2. The van der Waals surface area contributed by atoms with Crippen LogP contribution in [0.15, 0.2) is 60.2 Å². The standard InChI is InChI=1S/C34H23Cl2F5N2O5/c1-14-11-16(7-10-20(14)44)22-17-8-9-18-21(30(46)42(29(18)45)13-15-5-3-2-4-6-15)19(17)12-33(35)31(47)43(32(48)34(22,33)36)28-26(40)24(38)23(37)25(39)27(28)41/h2-8,10-11,18-19,21-22,44H,9,12-13H2,1H3. The van der Waals surface area contributed by atoms with Gasteiger partial charge in [-0.25, -0.2) is 26.9 Å². The number of allylic oxidation sites excluding steroid dienone is 2. The number of anilines is 1. The van der Waals surface area contributed by atoms with Crippen molar-refractivity contribution < 1.29 is 46.2 Å². The van der Waals surface area contributed by atoms with Crippen LogP contribution in [0.25, 0.3) is 0 Å². The Morgan fingerprint density at radius 1 is 0.833 bits per heavy atom. The second-order valence-corrected chi connectivity index (χ2v) is 13.7. The van der Waals surface area contributed by atoms with Crippen LogP contribution in [-0.4, -0.2) is 43.4 Å². The van der Waals surface area contributed by atoms with E-state index in [9.17, 15) is 37.5 Å². The maximum Gasteiger partial charge on any atom is 0.258 e. The molecule has 3 fully saturated rings. The molecule has 1 N–H and O–H groups in total. The molecule has 2 heterocycles. The lowest BCUT2D eigenvalue weighted by atomic mass is 9.56. The number of rotatable bonds is 4. The van der Waals surface area contributed by atoms with Gasteiger partial charge in [-0.05, 0) is 48.4 Å². The normalized spacial score (nSPS) is 29.6. The van der Waals surface area contributed by atoms with Gasteiger partial charge in [0.2, 0.25) is 17.6 Å². The first-order valence-corrected chi connectivity index (χ1v) is 15.6. The van der Waals surface area contributed by atoms with Gasteiger partial charge in [-0.15, -0.1) is 23.2 Å². The van der Waals surface area contributed by atoms with Crippen molar-refractivity contribution in [1.29, 1.82) is 0 Å². The maximum absolute atomic E-state index is 15.2. The van der Waals surface area contributed by atoms with E-state index in [4.69, 9.17) is 23.2 Å². The smallest absolute Gasteiger partial charge is 0.258 e. The minimum atomic E-state index is -2.63. The molecule has 6 unspecified atom stereocenters. The molecule has 0 aromatic heterocycles. The zero-order chi connectivity index (χ0) is 34.6. The summed E-state index contributed by atoms with van der Waals surface area (Å²) >= 11 is 14.2. The molecule has 48 heavy (non-hydrogen) atoms. The third-order valence-corrected chi connectivity index (χ3v) is 11.5. The minimum absolute atomic E-state index is 0.0334. The Kier molecular flexibility index (Phi) is 7.30. The van der Waals surface area contributed by atoms with Crippen molar-refractivity contribution in [3.05, 3.63) is 106 Å². The Labute approximate surface area is 279 Å². The fourth-order valence-corrected chi connectivity index (χ4v) is 8.72. The molecule has 14 heteroatoms. The van der Waals surface area contributed by atoms with Gasteiger partial charge in [0.1, 0.15) is 11.4 Å². The van der Waals surface area contributed by atoms with Gasteiger partial charge < -0.3 is 5.11 Å². The molecule has 7 rings (SSSR count). The average molecular weight is 705 g/mol. The zero-order valence-electron chi connectivity index (χ0n) is 24.7. The molecule has 3 aromatic rings. The number of likely N-dealkylation sites (tertiary alicyclic amines) is 1. The zero-order valence-corrected chi connectivity index (χ0v) is 26.3. The molecule has 2 aliphatic heterocycles. The van der Waals surface area contributed by atoms with Crippen molar-refractivity contribution in [3.63, 3.8) is 0 Å². The van der Waals surface area contributed by atoms with Crippen LogP contribution in [0.2, 0.25) is 0 Å². The van der Waals surface area contributed by atoms with Gasteiger partial charge in [0, 0.05) is 5.92 Å². The Balaban J connectivity index is 1.41. The Bertz CT molecular complexity index is 1980. The quantitative estimate of drug-likeness (QED) is 0.0877. The van der Waals surface area contributed by atoms with E-state index in [1.807, 2.05) is 0 Å². The van der Waals surface area contributed by atoms with E-state index in [0.717, 1.165) is 4.90 Å². The molecule has 2 saturated heterocycles. The highest BCUT2D eigenvalue weighted by Crippen LogP contribution is 2.66. The van der Waals surface area contributed by atoms with Crippen molar-refractivity contribution in [1.82, 2.24) is 4.90 Å². The molecule has 3 aromatic carbocycles. The van der Waals surface area contributed by atoms with E-state index in [2.05, 4.69) is 0 Å². The van der Waals surface area contributed by atoms with Crippen LogP contribution in [-0.2, 0) is 25.7 Å². The van der Waals surface area contributed by atoms with Crippen molar-refractivity contribution in [2.45, 2.75) is 42.0 Å². The lowest BCUT2D eigenvalue weighted by molar-refractivity contribution is -0.141. The number of fused-ring (bicyclic) bond motifs is 4. The summed E-state index contributed by atoms with van der Waals surface area (Å²) in [7, 11) is 0. The number of hydrogen-bond donors (Lipinski definition) is 1. The first-order chi connectivity index (χ1) is 22.6. The van der Waals surface area contributed by atoms with E-state index < -0.39 is 98.2 Å². The second kappa shape index (κ2) is 10.9. The molecular formula is C34H23Cl2F5N2O5. The summed E-state index contributed by atoms with van der Waals surface area (Å²) in [5.41, 5.74) is -0.323. The first-order valence-electron chi connectivity index (χ1n) is 14.8. The number of halogens is 7. The molecule has 1 saturated carbocycles. The van der Waals surface area contributed by atoms with Crippen LogP contribution in [0.1, 0.15) is 35.4 Å². The topological polar surface area (TPSA) is 95.0 Å². The van der Waals surface area contributed by atoms with E-state index in [1.54, 1.807) is 36.4 Å². The molecule has 4 aliphatic rings. The van der Waals surface area contributed by atoms with Gasteiger partial charge in [0.05, 0.1) is 18.4 Å². The second-order valence-electron chi connectivity index (χ2n) is 12.5. The number of alkyl halides is 2. The van der Waals surface area contributed by atoms with Crippen LogP contribution >= 0.6 is 23.2 Å². The lowest BCUT2D eigenvalue weighted by Crippen LogP contribution is -2.60. The Hall–Kier alpha value is -4.29. The number of phenolic OH excluding ortho intramolecular Hbond substituents is 1. The predicted molar refractivity (Wildman–Crippen MR) is 161 cm³/mol. The number of carbonyl (C=O) groups is 4. The highest BCUT2D eigenvalue weighted by Gasteiger charge is 2.77. The SMILES string of the molecule is Cc1cc(C2C3=CCC4C(=O)N(Cc5ccccc5)C(=O)C4C3CC3(Cl)C(=O)N(c4c(F)c(F)c(F)c(F)c4F)C(=O)C23Cl)ccc1O. The largest absolute Gasteiger partial charge is 0.508 e. The average Bonchev–Trinajstić information content (AvgIpc) is 3.39. The van der Waals surface area contributed by atoms with Crippen LogP contribution in [0.4, 0.5) is 27.6 Å². The molecule has 4 amide bonds. The summed E-state index contributed by atoms with van der Waals surface area (Å²) in [5.74, 6) is -20.9. The highest BCUT2D eigenvalue weighted by atomic mass is 35.5. The van der Waals surface area contributed by atoms with Gasteiger partial charge in [0.15, 0.2) is 33.0 Å². The van der Waals surface area contributed by atoms with Crippen LogP contribution in [0.3, 0.4) is 0 Å². The summed E-state index contributed by atoms with van der Waals surface area (Å²) in [6.45, 7) is 1.49. The van der Waals surface area contributed by atoms with E-state index in [1.165, 1.54) is 25.1 Å². The lowest BCUT2D eigenvalue weighted by Gasteiger charge is -2.50. The third kappa shape index (κ3) is 4.11. The summed E-state index contributed by atoms with van der Waals surface area (Å²) < 4.78 is 73.0. The van der Waals surface area contributed by atoms with Gasteiger partial charge >= 0.3 is 0 Å². The van der Waals surface area contributed by atoms with E-state index >= 15 is 8.78 Å². The fraction of sp³-hybridized carbons (Fsp3) is 0.294. The number of amides is 4. The number of aromatic hydroxyl groups is 1. The number of imide groups is 2. The van der Waals surface area contributed by atoms with E-state index in [-0.39, 0.29) is 29.2 Å². The molecule has 248 valence electrons. The highest BCUT2D eigenvalue weighted by molar-refractivity contribution is 6.58. The van der Waals surface area contributed by atoms with Gasteiger partial charge in [0.25, 0.3) is 11.8 Å². The predicted octanol–water partition coefficient (Wildman–Crippen LogP) is 6.16. The fourth-order valence-electron chi connectivity index (χ4n) is 7.79. The van der Waals surface area contributed by atoms with Crippen molar-refractivity contribution >= 4 is 52.5 Å². The van der Waals surface area contributed by atoms with Gasteiger partial charge in [-0.1, -0.05) is 54.1 Å². The number of benzene rings is 3. The Morgan fingerprint density at radius 2 is 1.46 bits per heavy atom. The third-order valence-electron chi connectivity index (χ3n) is 10.1. The minimum Gasteiger partial charge on any atom is -0.508 e. The van der Waals surface area contributed by atoms with Crippen molar-refractivity contribution in [2.24, 2.45) is 17.8 Å². The molecule has 6 atom stereocenters. The van der Waals surface area contributed by atoms with Crippen LogP contribution in [0.5, 0.6) is 5.75 Å². The van der Waals surface area contributed by atoms with Crippen LogP contribution in [0, 0.1) is 53.8 Å². The molecule has 0 radical (unpaired) electrons. The molecule has 0 bridgehead atoms. The molecule has 2 aliphatic carbocycles. The molecule has 7 nitrogen and oxygen atoms in total. The van der Waals surface area contributed by atoms with Gasteiger partial charge in [-0.3, -0.25) is 24.1 Å². The van der Waals surface area contributed by atoms with E-state index in [0.29, 0.717) is 16.7 Å². The van der Waals surface area contributed by atoms with Crippen molar-refractivity contribution in [3.8, 4) is 5.75 Å². The molecular weight excluding hydrogens is 682 g/mol. The molecule has 0 spiro atoms. The summed E-state index contributed by atoms with van der Waals surface area (Å²) in [5, 5.41) is 10.3. The monoisotopic (exact) mass is 704 g/mol. The number of hydrogen-bond acceptors (Lipinski definition) is 5. The first kappa shape index (κ1) is 32.3. The summed E-state index contributed by atoms with van der Waals surface area (Å²) in [6.07, 6.45) is 1.06. The van der Waals surface area contributed by atoms with Crippen molar-refractivity contribution in [2.75, 3.05) is 4.90 Å². The summed E-state index contributed by atoms with van der Waals surface area (Å²) in [6, 6.07) is 12.8. The maximum atomic E-state index is 15.2. The summed E-state index contributed by atoms with van der Waals surface area (Å²) in [4.78, 5) is 51.8. The number of aryl methyl sites for hydroxylation is 1. The Morgan fingerprint density at radius 3 is 2.08 bits per heavy atom. The number of phenols is 1. The van der Waals surface area contributed by atoms with Crippen LogP contribution < -0.4 is 4.90 Å².